The number of nitrogens with zero attached hydrogens (tertiary/aromatic N) is 1. The number of rotatable bonds is 5. The monoisotopic (exact) mass is 264 g/mol. The van der Waals surface area contributed by atoms with E-state index in [0.717, 1.165) is 18.9 Å². The molecule has 1 aromatic carbocycles. The summed E-state index contributed by atoms with van der Waals surface area (Å²) in [5.41, 5.74) is 6.84. The van der Waals surface area contributed by atoms with Crippen LogP contribution in [0.25, 0.3) is 0 Å². The van der Waals surface area contributed by atoms with E-state index in [4.69, 9.17) is 5.73 Å². The fraction of sp³-hybridized carbons (Fsp3) is 0.625. The maximum Gasteiger partial charge on any atom is 0.123 e. The fourth-order valence-corrected chi connectivity index (χ4v) is 3.01. The third-order valence-electron chi connectivity index (χ3n) is 4.29. The molecule has 0 spiro atoms. The maximum absolute atomic E-state index is 12.9. The van der Waals surface area contributed by atoms with Crippen molar-refractivity contribution in [1.82, 2.24) is 4.90 Å². The van der Waals surface area contributed by atoms with E-state index >= 15 is 0 Å². The normalized spacial score (nSPS) is 19.5. The van der Waals surface area contributed by atoms with E-state index in [1.165, 1.54) is 37.9 Å². The summed E-state index contributed by atoms with van der Waals surface area (Å²) in [5.74, 6) is 0.665. The van der Waals surface area contributed by atoms with Gasteiger partial charge in [0.25, 0.3) is 0 Å². The van der Waals surface area contributed by atoms with Crippen LogP contribution in [0.5, 0.6) is 0 Å². The topological polar surface area (TPSA) is 29.3 Å². The molecule has 0 radical (unpaired) electrons. The van der Waals surface area contributed by atoms with Crippen LogP contribution >= 0.6 is 0 Å². The number of piperidine rings is 1. The van der Waals surface area contributed by atoms with E-state index in [0.29, 0.717) is 6.04 Å². The van der Waals surface area contributed by atoms with Crippen molar-refractivity contribution in [3.05, 3.63) is 35.6 Å². The Bertz CT molecular complexity index is 369. The molecule has 0 aliphatic carbocycles. The number of hydrogen-bond acceptors (Lipinski definition) is 2. The van der Waals surface area contributed by atoms with Crippen molar-refractivity contribution in [2.45, 2.75) is 38.6 Å². The Morgan fingerprint density at radius 3 is 2.47 bits per heavy atom. The van der Waals surface area contributed by atoms with Gasteiger partial charge in [0.15, 0.2) is 0 Å². The molecule has 1 fully saturated rings. The molecule has 1 unspecified atom stereocenters. The summed E-state index contributed by atoms with van der Waals surface area (Å²) < 4.78 is 12.9. The van der Waals surface area contributed by atoms with Crippen LogP contribution in [0, 0.1) is 11.7 Å². The van der Waals surface area contributed by atoms with E-state index in [-0.39, 0.29) is 5.82 Å². The highest BCUT2D eigenvalue weighted by Gasteiger charge is 2.22. The van der Waals surface area contributed by atoms with Crippen LogP contribution in [-0.4, -0.2) is 30.6 Å². The van der Waals surface area contributed by atoms with Gasteiger partial charge in [-0.1, -0.05) is 12.1 Å². The Labute approximate surface area is 115 Å². The van der Waals surface area contributed by atoms with Gasteiger partial charge in [-0.2, -0.15) is 0 Å². The van der Waals surface area contributed by atoms with Crippen molar-refractivity contribution in [3.63, 3.8) is 0 Å². The summed E-state index contributed by atoms with van der Waals surface area (Å²) in [6.45, 7) is 5.43. The second kappa shape index (κ2) is 7.01. The number of halogens is 1. The molecule has 1 aliphatic heterocycles. The first kappa shape index (κ1) is 14.5. The van der Waals surface area contributed by atoms with Crippen LogP contribution < -0.4 is 5.73 Å². The SMILES string of the molecule is CC(Cc1ccc(F)cc1)N1CCC(CCN)CC1. The van der Waals surface area contributed by atoms with Crippen molar-refractivity contribution in [2.75, 3.05) is 19.6 Å². The Morgan fingerprint density at radius 1 is 1.26 bits per heavy atom. The minimum Gasteiger partial charge on any atom is -0.330 e. The maximum atomic E-state index is 12.9. The number of nitrogens with two attached hydrogens (primary N) is 1. The predicted octanol–water partition coefficient (Wildman–Crippen LogP) is 2.82. The Kier molecular flexibility index (Phi) is 5.34. The first-order valence-corrected chi connectivity index (χ1v) is 7.37. The lowest BCUT2D eigenvalue weighted by Crippen LogP contribution is -2.41. The van der Waals surface area contributed by atoms with Crippen molar-refractivity contribution in [3.8, 4) is 0 Å². The van der Waals surface area contributed by atoms with E-state index in [9.17, 15) is 4.39 Å². The van der Waals surface area contributed by atoms with Gasteiger partial charge in [-0.05, 0) is 75.9 Å². The molecular weight excluding hydrogens is 239 g/mol. The van der Waals surface area contributed by atoms with E-state index < -0.39 is 0 Å². The Balaban J connectivity index is 1.81. The molecule has 0 saturated carbocycles. The molecule has 1 atom stereocenters. The first-order chi connectivity index (χ1) is 9.19. The van der Waals surface area contributed by atoms with Crippen LogP contribution in [0.1, 0.15) is 31.7 Å². The molecule has 1 heterocycles. The van der Waals surface area contributed by atoms with Crippen LogP contribution in [-0.2, 0) is 6.42 Å². The summed E-state index contributed by atoms with van der Waals surface area (Å²) in [6.07, 6.45) is 4.71. The zero-order valence-electron chi connectivity index (χ0n) is 11.8. The highest BCUT2D eigenvalue weighted by molar-refractivity contribution is 5.17. The molecular formula is C16H25FN2. The Hall–Kier alpha value is -0.930. The largest absolute Gasteiger partial charge is 0.330 e. The van der Waals surface area contributed by atoms with Gasteiger partial charge >= 0.3 is 0 Å². The highest BCUT2D eigenvalue weighted by Crippen LogP contribution is 2.22. The van der Waals surface area contributed by atoms with Gasteiger partial charge in [0.1, 0.15) is 5.82 Å². The van der Waals surface area contributed by atoms with Crippen LogP contribution in [0.4, 0.5) is 4.39 Å². The summed E-state index contributed by atoms with van der Waals surface area (Å²) in [5, 5.41) is 0. The van der Waals surface area contributed by atoms with Crippen molar-refractivity contribution in [1.29, 1.82) is 0 Å². The van der Waals surface area contributed by atoms with Gasteiger partial charge in [-0.25, -0.2) is 4.39 Å². The average Bonchev–Trinajstić information content (AvgIpc) is 2.42. The minimum atomic E-state index is -0.154. The van der Waals surface area contributed by atoms with Crippen molar-refractivity contribution < 1.29 is 4.39 Å². The fourth-order valence-electron chi connectivity index (χ4n) is 3.01. The standard InChI is InChI=1S/C16H25FN2/c1-13(12-15-2-4-16(17)5-3-15)19-10-7-14(6-9-18)8-11-19/h2-5,13-14H,6-12,18H2,1H3. The number of hydrogen-bond donors (Lipinski definition) is 1. The molecule has 1 aromatic rings. The third kappa shape index (κ3) is 4.29. The quantitative estimate of drug-likeness (QED) is 0.886. The molecule has 2 nitrogen and oxygen atoms in total. The van der Waals surface area contributed by atoms with Gasteiger partial charge < -0.3 is 10.6 Å². The van der Waals surface area contributed by atoms with Gasteiger partial charge in [0, 0.05) is 6.04 Å². The molecule has 1 aliphatic rings. The van der Waals surface area contributed by atoms with Gasteiger partial charge in [-0.15, -0.1) is 0 Å². The second-order valence-electron chi connectivity index (χ2n) is 5.74. The lowest BCUT2D eigenvalue weighted by molar-refractivity contribution is 0.137. The van der Waals surface area contributed by atoms with Crippen molar-refractivity contribution in [2.24, 2.45) is 11.7 Å². The minimum absolute atomic E-state index is 0.154. The van der Waals surface area contributed by atoms with Crippen LogP contribution in [0.15, 0.2) is 24.3 Å². The lowest BCUT2D eigenvalue weighted by Gasteiger charge is -2.36. The predicted molar refractivity (Wildman–Crippen MR) is 77.5 cm³/mol. The molecule has 0 aromatic heterocycles. The molecule has 1 saturated heterocycles. The molecule has 19 heavy (non-hydrogen) atoms. The summed E-state index contributed by atoms with van der Waals surface area (Å²) in [7, 11) is 0. The zero-order valence-corrected chi connectivity index (χ0v) is 11.8. The van der Waals surface area contributed by atoms with E-state index in [1.807, 2.05) is 12.1 Å². The van der Waals surface area contributed by atoms with Crippen molar-refractivity contribution >= 4 is 0 Å². The number of likely N-dealkylation sites (tertiary alicyclic amines) is 1. The summed E-state index contributed by atoms with van der Waals surface area (Å²) in [6, 6.07) is 7.43. The van der Waals surface area contributed by atoms with E-state index in [2.05, 4.69) is 11.8 Å². The van der Waals surface area contributed by atoms with Gasteiger partial charge in [-0.3, -0.25) is 0 Å². The third-order valence-corrected chi connectivity index (χ3v) is 4.29. The molecule has 0 bridgehead atoms. The molecule has 106 valence electrons. The molecule has 3 heteroatoms. The second-order valence-corrected chi connectivity index (χ2v) is 5.74. The van der Waals surface area contributed by atoms with Gasteiger partial charge in [0.2, 0.25) is 0 Å². The lowest BCUT2D eigenvalue weighted by atomic mass is 9.92. The average molecular weight is 264 g/mol. The Morgan fingerprint density at radius 2 is 1.89 bits per heavy atom. The molecule has 0 amide bonds. The van der Waals surface area contributed by atoms with Gasteiger partial charge in [0.05, 0.1) is 0 Å². The number of benzene rings is 1. The molecule has 2 rings (SSSR count). The van der Waals surface area contributed by atoms with Crippen LogP contribution in [0.3, 0.4) is 0 Å². The summed E-state index contributed by atoms with van der Waals surface area (Å²) in [4.78, 5) is 2.55. The van der Waals surface area contributed by atoms with Crippen LogP contribution in [0.2, 0.25) is 0 Å². The van der Waals surface area contributed by atoms with E-state index in [1.54, 1.807) is 12.1 Å². The summed E-state index contributed by atoms with van der Waals surface area (Å²) >= 11 is 0. The smallest absolute Gasteiger partial charge is 0.123 e. The molecule has 2 N–H and O–H groups in total. The highest BCUT2D eigenvalue weighted by atomic mass is 19.1. The first-order valence-electron chi connectivity index (χ1n) is 7.37. The zero-order chi connectivity index (χ0) is 13.7.